The molecule has 1 aromatic carbocycles. The Morgan fingerprint density at radius 3 is 2.59 bits per heavy atom. The smallest absolute Gasteiger partial charge is 0.0400 e. The quantitative estimate of drug-likeness (QED) is 0.806. The summed E-state index contributed by atoms with van der Waals surface area (Å²) in [4.78, 5) is 2.52. The summed E-state index contributed by atoms with van der Waals surface area (Å²) in [5, 5.41) is 0. The number of hydrogen-bond acceptors (Lipinski definition) is 2. The zero-order valence-corrected chi connectivity index (χ0v) is 11.5. The first-order valence-electron chi connectivity index (χ1n) is 6.50. The fraction of sp³-hybridized carbons (Fsp3) is 0.600. The largest absolute Gasteiger partial charge is 0.366 e. The molecule has 1 fully saturated rings. The molecule has 0 saturated carbocycles. The predicted molar refractivity (Wildman–Crippen MR) is 74.6 cm³/mol. The van der Waals surface area contributed by atoms with E-state index in [1.165, 1.54) is 16.8 Å². The molecule has 0 radical (unpaired) electrons. The third-order valence-electron chi connectivity index (χ3n) is 3.86. The van der Waals surface area contributed by atoms with Crippen LogP contribution in [0.1, 0.15) is 37.8 Å². The maximum absolute atomic E-state index is 6.09. The van der Waals surface area contributed by atoms with Gasteiger partial charge < -0.3 is 10.6 Å². The molecule has 1 atom stereocenters. The fourth-order valence-corrected chi connectivity index (χ4v) is 3.01. The van der Waals surface area contributed by atoms with Gasteiger partial charge in [-0.1, -0.05) is 17.7 Å². The van der Waals surface area contributed by atoms with Crippen molar-refractivity contribution in [2.75, 3.05) is 11.4 Å². The Morgan fingerprint density at radius 1 is 1.29 bits per heavy atom. The van der Waals surface area contributed by atoms with Gasteiger partial charge in [-0.25, -0.2) is 0 Å². The van der Waals surface area contributed by atoms with E-state index in [2.05, 4.69) is 50.8 Å². The maximum Gasteiger partial charge on any atom is 0.0400 e. The lowest BCUT2D eigenvalue weighted by Crippen LogP contribution is -2.53. The van der Waals surface area contributed by atoms with Gasteiger partial charge in [0.15, 0.2) is 0 Å². The van der Waals surface area contributed by atoms with Crippen molar-refractivity contribution in [2.24, 2.45) is 5.73 Å². The zero-order valence-electron chi connectivity index (χ0n) is 11.5. The number of nitrogens with zero attached hydrogens (tertiary/aromatic N) is 1. The summed E-state index contributed by atoms with van der Waals surface area (Å²) >= 11 is 0. The molecule has 0 bridgehead atoms. The Hall–Kier alpha value is -1.02. The minimum atomic E-state index is 0.164. The average Bonchev–Trinajstić information content (AvgIpc) is 2.18. The van der Waals surface area contributed by atoms with Crippen molar-refractivity contribution in [2.45, 2.75) is 52.1 Å². The normalized spacial score (nSPS) is 23.8. The number of benzene rings is 1. The van der Waals surface area contributed by atoms with E-state index in [0.29, 0.717) is 6.04 Å². The number of anilines is 1. The summed E-state index contributed by atoms with van der Waals surface area (Å²) in [6.45, 7) is 10.0. The first kappa shape index (κ1) is 12.4. The zero-order chi connectivity index (χ0) is 12.6. The molecule has 1 heterocycles. The molecule has 17 heavy (non-hydrogen) atoms. The highest BCUT2D eigenvalue weighted by atomic mass is 15.2. The molecule has 0 amide bonds. The Morgan fingerprint density at radius 2 is 2.00 bits per heavy atom. The Labute approximate surface area is 105 Å². The van der Waals surface area contributed by atoms with Crippen LogP contribution in [0, 0.1) is 13.8 Å². The Bertz CT molecular complexity index is 409. The molecule has 1 unspecified atom stereocenters. The van der Waals surface area contributed by atoms with Crippen LogP contribution in [0.2, 0.25) is 0 Å². The lowest BCUT2D eigenvalue weighted by Gasteiger charge is -2.47. The highest BCUT2D eigenvalue weighted by Gasteiger charge is 2.33. The third kappa shape index (κ3) is 2.47. The molecule has 1 saturated heterocycles. The molecule has 1 aliphatic heterocycles. The van der Waals surface area contributed by atoms with Gasteiger partial charge >= 0.3 is 0 Å². The van der Waals surface area contributed by atoms with Crippen molar-refractivity contribution in [3.05, 3.63) is 29.3 Å². The molecular weight excluding hydrogens is 208 g/mol. The van der Waals surface area contributed by atoms with Crippen LogP contribution >= 0.6 is 0 Å². The minimum Gasteiger partial charge on any atom is -0.366 e. The maximum atomic E-state index is 6.09. The number of rotatable bonds is 1. The summed E-state index contributed by atoms with van der Waals surface area (Å²) in [6, 6.07) is 7.07. The van der Waals surface area contributed by atoms with Crippen LogP contribution in [-0.2, 0) is 0 Å². The Balaban J connectivity index is 2.33. The second kappa shape index (κ2) is 4.34. The standard InChI is InChI=1S/C15H24N2/c1-11-5-6-14(12(2)9-11)17-8-7-13(16)10-15(17,3)4/h5-6,9,13H,7-8,10,16H2,1-4H3. The highest BCUT2D eigenvalue weighted by molar-refractivity contribution is 5.56. The van der Waals surface area contributed by atoms with E-state index in [9.17, 15) is 0 Å². The molecule has 2 rings (SSSR count). The van der Waals surface area contributed by atoms with Gasteiger partial charge in [-0.3, -0.25) is 0 Å². The van der Waals surface area contributed by atoms with Crippen LogP contribution in [0.15, 0.2) is 18.2 Å². The van der Waals surface area contributed by atoms with Gasteiger partial charge in [-0.05, 0) is 52.2 Å². The van der Waals surface area contributed by atoms with Crippen molar-refractivity contribution in [3.63, 3.8) is 0 Å². The molecular formula is C15H24N2. The minimum absolute atomic E-state index is 0.164. The summed E-state index contributed by atoms with van der Waals surface area (Å²) in [5.74, 6) is 0. The van der Waals surface area contributed by atoms with Crippen LogP contribution in [0.25, 0.3) is 0 Å². The molecule has 0 spiro atoms. The van der Waals surface area contributed by atoms with Gasteiger partial charge in [0.2, 0.25) is 0 Å². The molecule has 1 aliphatic rings. The number of piperidine rings is 1. The van der Waals surface area contributed by atoms with E-state index < -0.39 is 0 Å². The van der Waals surface area contributed by atoms with Crippen LogP contribution in [-0.4, -0.2) is 18.1 Å². The second-order valence-corrected chi connectivity index (χ2v) is 6.01. The lowest BCUT2D eigenvalue weighted by atomic mass is 9.86. The molecule has 0 aliphatic carbocycles. The average molecular weight is 232 g/mol. The second-order valence-electron chi connectivity index (χ2n) is 6.01. The summed E-state index contributed by atoms with van der Waals surface area (Å²) < 4.78 is 0. The van der Waals surface area contributed by atoms with Crippen molar-refractivity contribution >= 4 is 5.69 Å². The van der Waals surface area contributed by atoms with Crippen LogP contribution < -0.4 is 10.6 Å². The van der Waals surface area contributed by atoms with Crippen molar-refractivity contribution < 1.29 is 0 Å². The van der Waals surface area contributed by atoms with E-state index in [1.807, 2.05) is 0 Å². The van der Waals surface area contributed by atoms with E-state index in [0.717, 1.165) is 19.4 Å². The van der Waals surface area contributed by atoms with Crippen LogP contribution in [0.3, 0.4) is 0 Å². The monoisotopic (exact) mass is 232 g/mol. The van der Waals surface area contributed by atoms with Gasteiger partial charge in [0.1, 0.15) is 0 Å². The number of aryl methyl sites for hydroxylation is 2. The van der Waals surface area contributed by atoms with Crippen molar-refractivity contribution in [3.8, 4) is 0 Å². The van der Waals surface area contributed by atoms with E-state index in [1.54, 1.807) is 0 Å². The van der Waals surface area contributed by atoms with Crippen molar-refractivity contribution in [1.82, 2.24) is 0 Å². The number of nitrogens with two attached hydrogens (primary N) is 1. The van der Waals surface area contributed by atoms with Gasteiger partial charge in [-0.2, -0.15) is 0 Å². The van der Waals surface area contributed by atoms with Crippen LogP contribution in [0.5, 0.6) is 0 Å². The summed E-state index contributed by atoms with van der Waals surface area (Å²) in [5.41, 5.74) is 10.3. The Kier molecular flexibility index (Phi) is 3.17. The summed E-state index contributed by atoms with van der Waals surface area (Å²) in [6.07, 6.45) is 2.16. The lowest BCUT2D eigenvalue weighted by molar-refractivity contribution is 0.327. The molecule has 94 valence electrons. The molecule has 2 nitrogen and oxygen atoms in total. The van der Waals surface area contributed by atoms with Gasteiger partial charge in [0, 0.05) is 23.8 Å². The third-order valence-corrected chi connectivity index (χ3v) is 3.86. The molecule has 2 heteroatoms. The highest BCUT2D eigenvalue weighted by Crippen LogP contribution is 2.34. The number of hydrogen-bond donors (Lipinski definition) is 1. The van der Waals surface area contributed by atoms with Gasteiger partial charge in [0.25, 0.3) is 0 Å². The SMILES string of the molecule is Cc1ccc(N2CCC(N)CC2(C)C)c(C)c1. The topological polar surface area (TPSA) is 29.3 Å². The van der Waals surface area contributed by atoms with Crippen LogP contribution in [0.4, 0.5) is 5.69 Å². The molecule has 0 aromatic heterocycles. The predicted octanol–water partition coefficient (Wildman–Crippen LogP) is 3.01. The van der Waals surface area contributed by atoms with E-state index in [4.69, 9.17) is 5.73 Å². The summed E-state index contributed by atoms with van der Waals surface area (Å²) in [7, 11) is 0. The fourth-order valence-electron chi connectivity index (χ4n) is 3.01. The van der Waals surface area contributed by atoms with E-state index in [-0.39, 0.29) is 5.54 Å². The van der Waals surface area contributed by atoms with Crippen molar-refractivity contribution in [1.29, 1.82) is 0 Å². The van der Waals surface area contributed by atoms with Gasteiger partial charge in [-0.15, -0.1) is 0 Å². The van der Waals surface area contributed by atoms with Gasteiger partial charge in [0.05, 0.1) is 0 Å². The van der Waals surface area contributed by atoms with E-state index >= 15 is 0 Å². The first-order chi connectivity index (χ1) is 7.90. The first-order valence-corrected chi connectivity index (χ1v) is 6.50. The molecule has 1 aromatic rings. The molecule has 2 N–H and O–H groups in total.